The highest BCUT2D eigenvalue weighted by molar-refractivity contribution is 5.96. The third-order valence-electron chi connectivity index (χ3n) is 14.1. The third-order valence-corrected chi connectivity index (χ3v) is 14.1. The van der Waals surface area contributed by atoms with E-state index in [-0.39, 0.29) is 30.6 Å². The maximum Gasteiger partial charge on any atom is 0.338 e. The molecule has 328 valence electrons. The van der Waals surface area contributed by atoms with Crippen molar-refractivity contribution in [2.24, 2.45) is 22.2 Å². The molecule has 1 aliphatic heterocycles. The fraction of sp³-hybridized carbons (Fsp3) is 0.458. The van der Waals surface area contributed by atoms with Crippen molar-refractivity contribution in [2.45, 2.75) is 110 Å². The van der Waals surface area contributed by atoms with Gasteiger partial charge in [0.15, 0.2) is 23.6 Å². The first-order chi connectivity index (χ1) is 29.3. The number of ether oxygens (including phenoxy) is 5. The third kappa shape index (κ3) is 7.31. The van der Waals surface area contributed by atoms with Gasteiger partial charge in [-0.05, 0) is 66.7 Å². The molecule has 0 radical (unpaired) electrons. The Hall–Kier alpha value is -5.70. The summed E-state index contributed by atoms with van der Waals surface area (Å²) < 4.78 is 31.0. The molecule has 3 aromatic carbocycles. The van der Waals surface area contributed by atoms with E-state index in [1.165, 1.54) is 13.8 Å². The van der Waals surface area contributed by atoms with Crippen LogP contribution >= 0.6 is 0 Å². The predicted molar refractivity (Wildman–Crippen MR) is 221 cm³/mol. The van der Waals surface area contributed by atoms with Crippen molar-refractivity contribution >= 4 is 35.6 Å². The van der Waals surface area contributed by atoms with Gasteiger partial charge in [-0.15, -0.1) is 0 Å². The summed E-state index contributed by atoms with van der Waals surface area (Å²) in [4.78, 5) is 83.9. The van der Waals surface area contributed by atoms with Gasteiger partial charge in [0.1, 0.15) is 18.3 Å². The fourth-order valence-corrected chi connectivity index (χ4v) is 10.5. The van der Waals surface area contributed by atoms with Crippen molar-refractivity contribution in [2.75, 3.05) is 6.61 Å². The van der Waals surface area contributed by atoms with Crippen LogP contribution < -0.4 is 5.32 Å². The van der Waals surface area contributed by atoms with Crippen molar-refractivity contribution in [3.05, 3.63) is 119 Å². The van der Waals surface area contributed by atoms with Crippen molar-refractivity contribution in [1.29, 1.82) is 0 Å². The average Bonchev–Trinajstić information content (AvgIpc) is 3.24. The van der Waals surface area contributed by atoms with Crippen LogP contribution in [-0.2, 0) is 42.9 Å². The lowest BCUT2D eigenvalue weighted by atomic mass is 9.42. The first-order valence-corrected chi connectivity index (χ1v) is 20.7. The number of fused-ring (bicyclic) bond motifs is 5. The van der Waals surface area contributed by atoms with Gasteiger partial charge in [0.2, 0.25) is 0 Å². The van der Waals surface area contributed by atoms with Crippen LogP contribution in [0.3, 0.4) is 0 Å². The van der Waals surface area contributed by atoms with Gasteiger partial charge in [0, 0.05) is 31.2 Å². The topological polar surface area (TPSA) is 201 Å². The molecule has 3 aromatic rings. The van der Waals surface area contributed by atoms with Crippen molar-refractivity contribution < 1.29 is 62.7 Å². The van der Waals surface area contributed by atoms with Gasteiger partial charge < -0.3 is 39.2 Å². The predicted octanol–water partition coefficient (Wildman–Crippen LogP) is 5.01. The van der Waals surface area contributed by atoms with Crippen LogP contribution in [-0.4, -0.2) is 94.6 Å². The SMILES string of the molecule is CC(=O)O[C@H]1C(=O)[C@@]2(C)C([C@@H](OC(=O)c3ccccc3)[C@]3(C)C[C@@H](OC(=O)[C@H](O)[C@H](NC(=O)c4ccccc4)c4ccccc4)C(C)=C1C3(C)C)C1(OC(C)=O)CO[C@@H]1C[C@@H]2O. The summed E-state index contributed by atoms with van der Waals surface area (Å²) in [5, 5.41) is 26.7. The number of ketones is 1. The summed E-state index contributed by atoms with van der Waals surface area (Å²) >= 11 is 0. The molecule has 4 aliphatic rings. The van der Waals surface area contributed by atoms with E-state index in [0.29, 0.717) is 16.7 Å². The number of amides is 1. The zero-order chi connectivity index (χ0) is 44.9. The van der Waals surface area contributed by atoms with Crippen LogP contribution in [0.25, 0.3) is 0 Å². The number of carbonyl (C=O) groups excluding carboxylic acids is 6. The standard InChI is InChI=1S/C48H53NO13/c1-26-32(60-44(57)37(53)36(29-17-11-8-12-18-29)49-42(55)30-19-13-9-14-20-30)24-46(6)41(61-43(56)31-21-15-10-16-22-31)39-47(7,33(52)23-34-48(39,25-58-34)62-28(3)51)40(54)38(59-27(2)50)35(26)45(46,4)5/h8-22,32-34,36-39,41,52-53H,23-25H2,1-7H3,(H,49,55)/t32-,33+,34-,36-,37-,38-,39?,41-,46+,47-,48?/m1/s1. The van der Waals surface area contributed by atoms with Crippen molar-refractivity contribution in [3.63, 3.8) is 0 Å². The molecule has 3 aliphatic carbocycles. The molecule has 0 aromatic heterocycles. The smallest absolute Gasteiger partial charge is 0.338 e. The molecule has 2 unspecified atom stereocenters. The lowest BCUT2D eigenvalue weighted by molar-refractivity contribution is -0.340. The normalized spacial score (nSPS) is 31.9. The van der Waals surface area contributed by atoms with Crippen LogP contribution in [0.15, 0.2) is 102 Å². The Balaban J connectivity index is 1.39. The van der Waals surface area contributed by atoms with E-state index in [0.717, 1.165) is 6.92 Å². The lowest BCUT2D eigenvalue weighted by Gasteiger charge is -2.68. The number of hydrogen-bond donors (Lipinski definition) is 3. The Labute approximate surface area is 359 Å². The van der Waals surface area contributed by atoms with E-state index in [4.69, 9.17) is 23.7 Å². The zero-order valence-corrected chi connectivity index (χ0v) is 35.8. The molecule has 11 atom stereocenters. The van der Waals surface area contributed by atoms with E-state index in [1.54, 1.807) is 105 Å². The highest BCUT2D eigenvalue weighted by Crippen LogP contribution is 2.67. The summed E-state index contributed by atoms with van der Waals surface area (Å²) in [7, 11) is 0. The van der Waals surface area contributed by atoms with E-state index in [2.05, 4.69) is 5.32 Å². The van der Waals surface area contributed by atoms with Crippen LogP contribution in [0.4, 0.5) is 0 Å². The number of aliphatic hydroxyl groups excluding tert-OH is 2. The molecular formula is C48H53NO13. The van der Waals surface area contributed by atoms with Gasteiger partial charge in [0.05, 0.1) is 35.6 Å². The Bertz CT molecular complexity index is 2280. The lowest BCUT2D eigenvalue weighted by Crippen LogP contribution is -2.80. The molecule has 1 heterocycles. The molecule has 14 nitrogen and oxygen atoms in total. The molecule has 2 bridgehead atoms. The molecule has 3 N–H and O–H groups in total. The largest absolute Gasteiger partial charge is 0.458 e. The Morgan fingerprint density at radius 1 is 0.806 bits per heavy atom. The van der Waals surface area contributed by atoms with Crippen LogP contribution in [0.5, 0.6) is 0 Å². The number of benzene rings is 3. The number of carbonyl (C=O) groups is 6. The second-order valence-electron chi connectivity index (χ2n) is 17.8. The second kappa shape index (κ2) is 16.5. The first kappa shape index (κ1) is 44.4. The summed E-state index contributed by atoms with van der Waals surface area (Å²) in [6.45, 7) is 10.7. The number of rotatable bonds is 10. The van der Waals surface area contributed by atoms with E-state index in [9.17, 15) is 34.2 Å². The number of Topliss-reactive ketones (excluding diaryl/α,β-unsaturated/α-hetero) is 1. The van der Waals surface area contributed by atoms with E-state index in [1.807, 2.05) is 13.8 Å². The Kier molecular flexibility index (Phi) is 11.8. The van der Waals surface area contributed by atoms with Gasteiger partial charge >= 0.3 is 23.9 Å². The zero-order valence-electron chi connectivity index (χ0n) is 35.8. The van der Waals surface area contributed by atoms with Crippen molar-refractivity contribution in [3.8, 4) is 0 Å². The minimum Gasteiger partial charge on any atom is -0.458 e. The highest BCUT2D eigenvalue weighted by Gasteiger charge is 2.77. The molecule has 0 spiro atoms. The van der Waals surface area contributed by atoms with Crippen LogP contribution in [0, 0.1) is 22.2 Å². The monoisotopic (exact) mass is 851 g/mol. The summed E-state index contributed by atoms with van der Waals surface area (Å²) in [6.07, 6.45) is -8.83. The molecular weight excluding hydrogens is 799 g/mol. The molecule has 2 saturated carbocycles. The second-order valence-corrected chi connectivity index (χ2v) is 17.8. The van der Waals surface area contributed by atoms with E-state index < -0.39 is 106 Å². The van der Waals surface area contributed by atoms with Gasteiger partial charge in [-0.25, -0.2) is 9.59 Å². The minimum atomic E-state index is -1.95. The van der Waals surface area contributed by atoms with Crippen LogP contribution in [0.2, 0.25) is 0 Å². The van der Waals surface area contributed by atoms with Gasteiger partial charge in [-0.3, -0.25) is 19.2 Å². The summed E-state index contributed by atoms with van der Waals surface area (Å²) in [5.74, 6) is -6.01. The Morgan fingerprint density at radius 2 is 1.39 bits per heavy atom. The molecule has 14 heteroatoms. The highest BCUT2D eigenvalue weighted by atomic mass is 16.6. The number of aliphatic hydroxyl groups is 2. The fourth-order valence-electron chi connectivity index (χ4n) is 10.5. The Morgan fingerprint density at radius 3 is 1.94 bits per heavy atom. The summed E-state index contributed by atoms with van der Waals surface area (Å²) in [6, 6.07) is 23.6. The molecule has 1 amide bonds. The molecule has 7 rings (SSSR count). The summed E-state index contributed by atoms with van der Waals surface area (Å²) in [5.41, 5.74) is -4.65. The quantitative estimate of drug-likeness (QED) is 0.140. The maximum absolute atomic E-state index is 15.6. The number of nitrogens with one attached hydrogen (secondary N) is 1. The van der Waals surface area contributed by atoms with Gasteiger partial charge in [-0.2, -0.15) is 0 Å². The van der Waals surface area contributed by atoms with Crippen molar-refractivity contribution in [1.82, 2.24) is 5.32 Å². The molecule has 3 fully saturated rings. The number of esters is 4. The van der Waals surface area contributed by atoms with E-state index >= 15 is 4.79 Å². The van der Waals surface area contributed by atoms with Gasteiger partial charge in [0.25, 0.3) is 5.91 Å². The molecule has 62 heavy (non-hydrogen) atoms. The number of hydrogen-bond acceptors (Lipinski definition) is 13. The maximum atomic E-state index is 15.6. The van der Waals surface area contributed by atoms with Crippen LogP contribution in [0.1, 0.15) is 93.6 Å². The minimum absolute atomic E-state index is 0.0990. The average molecular weight is 852 g/mol. The first-order valence-electron chi connectivity index (χ1n) is 20.7. The van der Waals surface area contributed by atoms with Gasteiger partial charge in [-0.1, -0.05) is 87.5 Å². The molecule has 1 saturated heterocycles.